The number of carbonyl (C=O) groups excluding carboxylic acids is 1. The Morgan fingerprint density at radius 2 is 1.92 bits per heavy atom. The highest BCUT2D eigenvalue weighted by Gasteiger charge is 2.07. The number of amides is 1. The first-order chi connectivity index (χ1) is 12.0. The highest BCUT2D eigenvalue weighted by Crippen LogP contribution is 2.16. The van der Waals surface area contributed by atoms with Gasteiger partial charge in [-0.25, -0.2) is 0 Å². The molecule has 0 aliphatic carbocycles. The highest BCUT2D eigenvalue weighted by atomic mass is 16.6. The number of nitro benzene ring substituents is 1. The number of hydrogen-bond donors (Lipinski definition) is 1. The lowest BCUT2D eigenvalue weighted by Gasteiger charge is -2.15. The number of carbonyl (C=O) groups is 1. The van der Waals surface area contributed by atoms with Crippen LogP contribution in [0.1, 0.15) is 18.1 Å². The van der Waals surface area contributed by atoms with E-state index in [0.29, 0.717) is 12.2 Å². The van der Waals surface area contributed by atoms with Crippen molar-refractivity contribution in [3.63, 3.8) is 0 Å². The number of para-hydroxylation sites is 1. The quantitative estimate of drug-likeness (QED) is 0.475. The van der Waals surface area contributed by atoms with E-state index in [1.165, 1.54) is 18.2 Å². The van der Waals surface area contributed by atoms with E-state index in [4.69, 9.17) is 4.74 Å². The van der Waals surface area contributed by atoms with Crippen LogP contribution in [-0.4, -0.2) is 23.5 Å². The molecule has 1 N–H and O–H groups in total. The molecule has 2 aromatic carbocycles. The molecule has 0 saturated heterocycles. The molecule has 0 saturated carbocycles. The van der Waals surface area contributed by atoms with Crippen molar-refractivity contribution in [1.29, 1.82) is 0 Å². The van der Waals surface area contributed by atoms with E-state index >= 15 is 0 Å². The first kappa shape index (κ1) is 18.2. The van der Waals surface area contributed by atoms with Crippen molar-refractivity contribution in [2.24, 2.45) is 0 Å². The van der Waals surface area contributed by atoms with Crippen LogP contribution in [0, 0.1) is 17.0 Å². The van der Waals surface area contributed by atoms with Crippen molar-refractivity contribution in [2.75, 3.05) is 6.61 Å². The van der Waals surface area contributed by atoms with Gasteiger partial charge in [0.05, 0.1) is 11.0 Å². The summed E-state index contributed by atoms with van der Waals surface area (Å²) >= 11 is 0. The second kappa shape index (κ2) is 8.63. The third-order valence-electron chi connectivity index (χ3n) is 3.50. The molecule has 6 nitrogen and oxygen atoms in total. The fourth-order valence-corrected chi connectivity index (χ4v) is 2.14. The Morgan fingerprint density at radius 3 is 2.56 bits per heavy atom. The lowest BCUT2D eigenvalue weighted by Crippen LogP contribution is -2.35. The first-order valence-electron chi connectivity index (χ1n) is 7.87. The Balaban J connectivity index is 1.82. The van der Waals surface area contributed by atoms with E-state index < -0.39 is 4.92 Å². The van der Waals surface area contributed by atoms with Crippen molar-refractivity contribution in [3.05, 3.63) is 75.8 Å². The summed E-state index contributed by atoms with van der Waals surface area (Å²) in [6, 6.07) is 13.5. The summed E-state index contributed by atoms with van der Waals surface area (Å²) in [5.74, 6) is 0.546. The maximum Gasteiger partial charge on any atom is 0.269 e. The van der Waals surface area contributed by atoms with Crippen LogP contribution < -0.4 is 10.1 Å². The third kappa shape index (κ3) is 5.76. The average molecular weight is 340 g/mol. The summed E-state index contributed by atoms with van der Waals surface area (Å²) in [5, 5.41) is 13.4. The van der Waals surface area contributed by atoms with Gasteiger partial charge in [0.15, 0.2) is 0 Å². The van der Waals surface area contributed by atoms with E-state index in [-0.39, 0.29) is 17.6 Å². The monoisotopic (exact) mass is 340 g/mol. The average Bonchev–Trinajstić information content (AvgIpc) is 2.59. The summed E-state index contributed by atoms with van der Waals surface area (Å²) in [7, 11) is 0. The minimum absolute atomic E-state index is 0.0172. The van der Waals surface area contributed by atoms with Crippen molar-refractivity contribution in [1.82, 2.24) is 5.32 Å². The molecule has 6 heteroatoms. The van der Waals surface area contributed by atoms with Gasteiger partial charge in [-0.15, -0.1) is 0 Å². The molecule has 0 fully saturated rings. The van der Waals surface area contributed by atoms with E-state index in [9.17, 15) is 14.9 Å². The zero-order chi connectivity index (χ0) is 18.2. The molecule has 130 valence electrons. The van der Waals surface area contributed by atoms with Crippen LogP contribution in [0.3, 0.4) is 0 Å². The Morgan fingerprint density at radius 1 is 1.24 bits per heavy atom. The van der Waals surface area contributed by atoms with Gasteiger partial charge < -0.3 is 10.1 Å². The molecule has 0 spiro atoms. The molecule has 0 heterocycles. The van der Waals surface area contributed by atoms with Crippen LogP contribution in [-0.2, 0) is 4.79 Å². The largest absolute Gasteiger partial charge is 0.491 e. The van der Waals surface area contributed by atoms with Crippen LogP contribution >= 0.6 is 0 Å². The van der Waals surface area contributed by atoms with E-state index in [2.05, 4.69) is 5.32 Å². The standard InChI is InChI=1S/C19H20N2O4/c1-14-5-3-4-6-18(14)25-13-15(2)20-19(22)12-9-16-7-10-17(11-8-16)21(23)24/h3-12,15H,13H2,1-2H3,(H,20,22)/b12-9+. The molecule has 0 aliphatic heterocycles. The molecule has 2 rings (SSSR count). The molecule has 0 bridgehead atoms. The van der Waals surface area contributed by atoms with E-state index in [1.807, 2.05) is 38.1 Å². The van der Waals surface area contributed by atoms with Crippen molar-refractivity contribution < 1.29 is 14.5 Å². The molecule has 0 aromatic heterocycles. The summed E-state index contributed by atoms with van der Waals surface area (Å²) in [6.45, 7) is 4.18. The number of hydrogen-bond acceptors (Lipinski definition) is 4. The molecule has 1 unspecified atom stereocenters. The summed E-state index contributed by atoms with van der Waals surface area (Å²) in [4.78, 5) is 22.1. The van der Waals surface area contributed by atoms with Gasteiger partial charge in [0.1, 0.15) is 12.4 Å². The predicted molar refractivity (Wildman–Crippen MR) is 96.4 cm³/mol. The molecule has 0 aliphatic rings. The summed E-state index contributed by atoms with van der Waals surface area (Å²) < 4.78 is 5.70. The van der Waals surface area contributed by atoms with Crippen LogP contribution in [0.15, 0.2) is 54.6 Å². The maximum atomic E-state index is 11.9. The zero-order valence-electron chi connectivity index (χ0n) is 14.1. The number of non-ortho nitro benzene ring substituents is 1. The van der Waals surface area contributed by atoms with E-state index in [1.54, 1.807) is 18.2 Å². The minimum atomic E-state index is -0.462. The van der Waals surface area contributed by atoms with Crippen LogP contribution in [0.25, 0.3) is 6.08 Å². The number of benzene rings is 2. The number of nitrogens with one attached hydrogen (secondary N) is 1. The molecule has 1 amide bonds. The smallest absolute Gasteiger partial charge is 0.269 e. The van der Waals surface area contributed by atoms with Crippen LogP contribution in [0.2, 0.25) is 0 Å². The lowest BCUT2D eigenvalue weighted by atomic mass is 10.2. The Labute approximate surface area is 146 Å². The van der Waals surface area contributed by atoms with Crippen molar-refractivity contribution >= 4 is 17.7 Å². The first-order valence-corrected chi connectivity index (χ1v) is 7.87. The van der Waals surface area contributed by atoms with Gasteiger partial charge in [0, 0.05) is 18.2 Å². The SMILES string of the molecule is Cc1ccccc1OCC(C)NC(=O)/C=C/c1ccc([N+](=O)[O-])cc1. The fourth-order valence-electron chi connectivity index (χ4n) is 2.14. The molecule has 25 heavy (non-hydrogen) atoms. The second-order valence-corrected chi connectivity index (χ2v) is 5.67. The zero-order valence-corrected chi connectivity index (χ0v) is 14.1. The Bertz CT molecular complexity index is 769. The normalized spacial score (nSPS) is 11.9. The van der Waals surface area contributed by atoms with Gasteiger partial charge in [0.2, 0.25) is 5.91 Å². The van der Waals surface area contributed by atoms with Gasteiger partial charge >= 0.3 is 0 Å². The minimum Gasteiger partial charge on any atom is -0.491 e. The molecular weight excluding hydrogens is 320 g/mol. The van der Waals surface area contributed by atoms with Gasteiger partial charge in [0.25, 0.3) is 5.69 Å². The number of nitrogens with zero attached hydrogens (tertiary/aromatic N) is 1. The second-order valence-electron chi connectivity index (χ2n) is 5.67. The van der Waals surface area contributed by atoms with E-state index in [0.717, 1.165) is 11.3 Å². The fraction of sp³-hybridized carbons (Fsp3) is 0.211. The summed E-state index contributed by atoms with van der Waals surface area (Å²) in [5.41, 5.74) is 1.77. The Hall–Kier alpha value is -3.15. The summed E-state index contributed by atoms with van der Waals surface area (Å²) in [6.07, 6.45) is 3.00. The van der Waals surface area contributed by atoms with Crippen molar-refractivity contribution in [3.8, 4) is 5.75 Å². The molecule has 0 radical (unpaired) electrons. The topological polar surface area (TPSA) is 81.5 Å². The predicted octanol–water partition coefficient (Wildman–Crippen LogP) is 3.50. The lowest BCUT2D eigenvalue weighted by molar-refractivity contribution is -0.384. The maximum absolute atomic E-state index is 11.9. The third-order valence-corrected chi connectivity index (χ3v) is 3.50. The van der Waals surface area contributed by atoms with Gasteiger partial charge in [-0.2, -0.15) is 0 Å². The number of nitro groups is 1. The van der Waals surface area contributed by atoms with Crippen LogP contribution in [0.4, 0.5) is 5.69 Å². The molecule has 1 atom stereocenters. The van der Waals surface area contributed by atoms with Gasteiger partial charge in [-0.1, -0.05) is 18.2 Å². The highest BCUT2D eigenvalue weighted by molar-refractivity contribution is 5.91. The van der Waals surface area contributed by atoms with Gasteiger partial charge in [-0.05, 0) is 49.2 Å². The number of aryl methyl sites for hydroxylation is 1. The Kier molecular flexibility index (Phi) is 6.28. The number of rotatable bonds is 7. The molecular formula is C19H20N2O4. The van der Waals surface area contributed by atoms with Gasteiger partial charge in [-0.3, -0.25) is 14.9 Å². The van der Waals surface area contributed by atoms with Crippen molar-refractivity contribution in [2.45, 2.75) is 19.9 Å². The van der Waals surface area contributed by atoms with Crippen LogP contribution in [0.5, 0.6) is 5.75 Å². The molecule has 2 aromatic rings. The number of ether oxygens (including phenoxy) is 1.